The zero-order valence-electron chi connectivity index (χ0n) is 22.1. The SMILES string of the molecule is N#Cc1cc(F)cc(N(CC2CCC(=O)N2c2cc(C#N)ccn2)C(C(=O)NC2CC(F)(F)C2)c2ccccc2F)c1. The van der Waals surface area contributed by atoms with E-state index in [1.807, 2.05) is 12.1 Å². The molecule has 2 aromatic carbocycles. The molecule has 1 N–H and O–H groups in total. The minimum absolute atomic E-state index is 0.0481. The molecule has 8 nitrogen and oxygen atoms in total. The molecule has 214 valence electrons. The molecule has 42 heavy (non-hydrogen) atoms. The summed E-state index contributed by atoms with van der Waals surface area (Å²) in [5.74, 6) is -5.39. The van der Waals surface area contributed by atoms with Crippen LogP contribution >= 0.6 is 0 Å². The molecule has 1 aliphatic heterocycles. The van der Waals surface area contributed by atoms with E-state index in [1.54, 1.807) is 0 Å². The quantitative estimate of drug-likeness (QED) is 0.387. The van der Waals surface area contributed by atoms with Gasteiger partial charge in [0.2, 0.25) is 11.8 Å². The Hall–Kier alpha value is -4.97. The molecule has 2 unspecified atom stereocenters. The van der Waals surface area contributed by atoms with Gasteiger partial charge in [-0.05, 0) is 42.8 Å². The second kappa shape index (κ2) is 11.5. The number of benzene rings is 2. The number of anilines is 2. The van der Waals surface area contributed by atoms with Crippen LogP contribution in [0.15, 0.2) is 60.8 Å². The average molecular weight is 577 g/mol. The highest BCUT2D eigenvalue weighted by Gasteiger charge is 2.47. The largest absolute Gasteiger partial charge is 0.354 e. The minimum atomic E-state index is -2.93. The molecular weight excluding hydrogens is 552 g/mol. The van der Waals surface area contributed by atoms with Crippen molar-refractivity contribution in [3.8, 4) is 12.1 Å². The molecule has 0 bridgehead atoms. The Labute approximate surface area is 238 Å². The second-order valence-electron chi connectivity index (χ2n) is 10.3. The fraction of sp³-hybridized carbons (Fsp3) is 0.300. The van der Waals surface area contributed by atoms with Gasteiger partial charge in [0.15, 0.2) is 0 Å². The van der Waals surface area contributed by atoms with E-state index in [2.05, 4.69) is 10.3 Å². The van der Waals surface area contributed by atoms with Crippen molar-refractivity contribution in [2.24, 2.45) is 0 Å². The molecule has 0 spiro atoms. The van der Waals surface area contributed by atoms with Gasteiger partial charge in [0.1, 0.15) is 23.5 Å². The number of carbonyl (C=O) groups is 2. The number of nitrogens with zero attached hydrogens (tertiary/aromatic N) is 5. The van der Waals surface area contributed by atoms with Crippen molar-refractivity contribution >= 4 is 23.3 Å². The molecule has 2 fully saturated rings. The predicted molar refractivity (Wildman–Crippen MR) is 143 cm³/mol. The molecule has 2 amide bonds. The van der Waals surface area contributed by atoms with Gasteiger partial charge in [-0.1, -0.05) is 18.2 Å². The Morgan fingerprint density at radius 2 is 1.83 bits per heavy atom. The van der Waals surface area contributed by atoms with Crippen molar-refractivity contribution in [1.82, 2.24) is 10.3 Å². The van der Waals surface area contributed by atoms with Crippen LogP contribution in [-0.4, -0.2) is 41.3 Å². The molecule has 1 saturated heterocycles. The third-order valence-electron chi connectivity index (χ3n) is 7.39. The topological polar surface area (TPSA) is 113 Å². The lowest BCUT2D eigenvalue weighted by Crippen LogP contribution is -2.54. The van der Waals surface area contributed by atoms with Crippen LogP contribution in [0.1, 0.15) is 48.4 Å². The summed E-state index contributed by atoms with van der Waals surface area (Å²) in [7, 11) is 0. The van der Waals surface area contributed by atoms with Crippen LogP contribution in [0.5, 0.6) is 0 Å². The highest BCUT2D eigenvalue weighted by molar-refractivity contribution is 5.96. The predicted octanol–water partition coefficient (Wildman–Crippen LogP) is 4.76. The number of carbonyl (C=O) groups excluding carboxylic acids is 2. The lowest BCUT2D eigenvalue weighted by molar-refractivity contribution is -0.130. The molecule has 2 heterocycles. The lowest BCUT2D eigenvalue weighted by Gasteiger charge is -2.40. The monoisotopic (exact) mass is 576 g/mol. The van der Waals surface area contributed by atoms with Gasteiger partial charge in [-0.15, -0.1) is 0 Å². The summed E-state index contributed by atoms with van der Waals surface area (Å²) in [5.41, 5.74) is 0.139. The summed E-state index contributed by atoms with van der Waals surface area (Å²) in [5, 5.41) is 21.4. The Bertz CT molecular complexity index is 1610. The van der Waals surface area contributed by atoms with Gasteiger partial charge in [0.25, 0.3) is 5.92 Å². The maximum absolute atomic E-state index is 15.3. The van der Waals surface area contributed by atoms with Gasteiger partial charge in [-0.3, -0.25) is 14.5 Å². The molecule has 5 rings (SSSR count). The van der Waals surface area contributed by atoms with Crippen molar-refractivity contribution in [2.75, 3.05) is 16.3 Å². The Kier molecular flexibility index (Phi) is 7.81. The minimum Gasteiger partial charge on any atom is -0.354 e. The Balaban J connectivity index is 1.60. The first-order valence-corrected chi connectivity index (χ1v) is 13.2. The first kappa shape index (κ1) is 28.6. The number of alkyl halides is 2. The normalized spacial score (nSPS) is 18.5. The van der Waals surface area contributed by atoms with E-state index < -0.39 is 54.4 Å². The zero-order chi connectivity index (χ0) is 30.0. The highest BCUT2D eigenvalue weighted by atomic mass is 19.3. The van der Waals surface area contributed by atoms with E-state index in [0.717, 1.165) is 18.2 Å². The summed E-state index contributed by atoms with van der Waals surface area (Å²) < 4.78 is 57.2. The summed E-state index contributed by atoms with van der Waals surface area (Å²) >= 11 is 0. The summed E-state index contributed by atoms with van der Waals surface area (Å²) in [6.45, 7) is -0.147. The molecule has 12 heteroatoms. The number of aromatic nitrogens is 1. The van der Waals surface area contributed by atoms with Gasteiger partial charge >= 0.3 is 0 Å². The van der Waals surface area contributed by atoms with Gasteiger partial charge in [0.05, 0.1) is 29.3 Å². The summed E-state index contributed by atoms with van der Waals surface area (Å²) in [4.78, 5) is 33.8. The van der Waals surface area contributed by atoms with E-state index in [9.17, 15) is 33.3 Å². The van der Waals surface area contributed by atoms with E-state index in [4.69, 9.17) is 0 Å². The van der Waals surface area contributed by atoms with E-state index >= 15 is 4.39 Å². The number of hydrogen-bond donors (Lipinski definition) is 1. The van der Waals surface area contributed by atoms with Crippen LogP contribution in [0.3, 0.4) is 0 Å². The molecule has 1 aromatic heterocycles. The van der Waals surface area contributed by atoms with Crippen molar-refractivity contribution in [1.29, 1.82) is 10.5 Å². The van der Waals surface area contributed by atoms with Gasteiger partial charge in [-0.25, -0.2) is 22.5 Å². The highest BCUT2D eigenvalue weighted by Crippen LogP contribution is 2.39. The van der Waals surface area contributed by atoms with Crippen molar-refractivity contribution in [3.05, 3.63) is 89.1 Å². The number of rotatable bonds is 8. The number of halogens is 4. The lowest BCUT2D eigenvalue weighted by atomic mass is 9.87. The van der Waals surface area contributed by atoms with Crippen molar-refractivity contribution in [2.45, 2.75) is 49.7 Å². The smallest absolute Gasteiger partial charge is 0.252 e. The standard InChI is InChI=1S/C30H24F4N6O2/c31-20-9-19(16-36)10-23(12-20)39(17-22-5-6-27(41)40(22)26-11-18(15-35)7-8-37-26)28(24-3-1-2-4-25(24)32)29(42)38-21-13-30(33,34)14-21/h1-4,7-12,21-22,28H,5-6,13-14,17H2,(H,38,42). The van der Waals surface area contributed by atoms with Gasteiger partial charge in [0, 0.05) is 49.3 Å². The first-order chi connectivity index (χ1) is 20.1. The molecule has 0 radical (unpaired) electrons. The summed E-state index contributed by atoms with van der Waals surface area (Å²) in [6, 6.07) is 12.6. The van der Waals surface area contributed by atoms with Crippen molar-refractivity contribution in [3.63, 3.8) is 0 Å². The fourth-order valence-electron chi connectivity index (χ4n) is 5.43. The fourth-order valence-corrected chi connectivity index (χ4v) is 5.43. The number of pyridine rings is 1. The maximum atomic E-state index is 15.3. The third-order valence-corrected chi connectivity index (χ3v) is 7.39. The Morgan fingerprint density at radius 3 is 2.52 bits per heavy atom. The molecule has 1 saturated carbocycles. The average Bonchev–Trinajstić information content (AvgIpc) is 3.31. The van der Waals surface area contributed by atoms with Crippen LogP contribution in [0, 0.1) is 34.3 Å². The van der Waals surface area contributed by atoms with Crippen molar-refractivity contribution < 1.29 is 27.2 Å². The van der Waals surface area contributed by atoms with Crippen LogP contribution in [0.4, 0.5) is 29.1 Å². The van der Waals surface area contributed by atoms with Crippen LogP contribution in [0.25, 0.3) is 0 Å². The van der Waals surface area contributed by atoms with Crippen LogP contribution < -0.4 is 15.1 Å². The number of nitriles is 2. The molecule has 3 aromatic rings. The number of amides is 2. The number of nitrogens with one attached hydrogen (secondary N) is 1. The summed E-state index contributed by atoms with van der Waals surface area (Å²) in [6.07, 6.45) is 0.621. The molecule has 1 aliphatic carbocycles. The maximum Gasteiger partial charge on any atom is 0.252 e. The first-order valence-electron chi connectivity index (χ1n) is 13.2. The third kappa shape index (κ3) is 5.88. The molecular formula is C30H24F4N6O2. The Morgan fingerprint density at radius 1 is 1.10 bits per heavy atom. The number of hydrogen-bond acceptors (Lipinski definition) is 6. The van der Waals surface area contributed by atoms with Crippen LogP contribution in [0.2, 0.25) is 0 Å². The van der Waals surface area contributed by atoms with Gasteiger partial charge < -0.3 is 10.2 Å². The van der Waals surface area contributed by atoms with E-state index in [-0.39, 0.29) is 53.5 Å². The molecule has 2 aliphatic rings. The second-order valence-corrected chi connectivity index (χ2v) is 10.3. The van der Waals surface area contributed by atoms with Crippen LogP contribution in [-0.2, 0) is 9.59 Å². The zero-order valence-corrected chi connectivity index (χ0v) is 22.1. The van der Waals surface area contributed by atoms with E-state index in [1.165, 1.54) is 52.4 Å². The molecule has 2 atom stereocenters. The van der Waals surface area contributed by atoms with E-state index in [0.29, 0.717) is 0 Å². The van der Waals surface area contributed by atoms with Gasteiger partial charge in [-0.2, -0.15) is 10.5 Å².